The molecule has 0 saturated heterocycles. The van der Waals surface area contributed by atoms with Gasteiger partial charge < -0.3 is 4.74 Å². The molecule has 0 spiro atoms. The molecular formula is C9H7BrO. The Morgan fingerprint density at radius 3 is 3.00 bits per heavy atom. The van der Waals surface area contributed by atoms with Gasteiger partial charge in [-0.15, -0.1) is 0 Å². The summed E-state index contributed by atoms with van der Waals surface area (Å²) in [6, 6.07) is 5.98. The van der Waals surface area contributed by atoms with Crippen molar-refractivity contribution in [2.24, 2.45) is 0 Å². The molecule has 11 heavy (non-hydrogen) atoms. The van der Waals surface area contributed by atoms with E-state index < -0.39 is 0 Å². The van der Waals surface area contributed by atoms with Crippen molar-refractivity contribution in [3.05, 3.63) is 34.8 Å². The molecule has 56 valence electrons. The smallest absolute Gasteiger partial charge is 0.141 e. The summed E-state index contributed by atoms with van der Waals surface area (Å²) in [5.74, 6) is 0.928. The number of ether oxygens (including phenoxy) is 1. The maximum atomic E-state index is 5.40. The molecule has 1 aromatic rings. The molecule has 1 aliphatic heterocycles. The van der Waals surface area contributed by atoms with Crippen LogP contribution >= 0.6 is 15.9 Å². The maximum Gasteiger partial charge on any atom is 0.141 e. The first-order valence-electron chi connectivity index (χ1n) is 3.38. The van der Waals surface area contributed by atoms with E-state index in [4.69, 9.17) is 4.74 Å². The number of fused-ring (bicyclic) bond motifs is 1. The van der Waals surface area contributed by atoms with Crippen LogP contribution in [0.15, 0.2) is 29.3 Å². The van der Waals surface area contributed by atoms with E-state index in [1.165, 1.54) is 0 Å². The van der Waals surface area contributed by atoms with Gasteiger partial charge in [-0.1, -0.05) is 18.7 Å². The third kappa shape index (κ3) is 0.979. The van der Waals surface area contributed by atoms with Gasteiger partial charge in [0.15, 0.2) is 0 Å². The minimum atomic E-state index is 0.623. The molecule has 1 aliphatic rings. The van der Waals surface area contributed by atoms with Crippen LogP contribution < -0.4 is 4.74 Å². The van der Waals surface area contributed by atoms with Crippen molar-refractivity contribution in [3.8, 4) is 5.75 Å². The molecule has 0 fully saturated rings. The number of para-hydroxylation sites is 1. The Balaban J connectivity index is 2.66. The van der Waals surface area contributed by atoms with Gasteiger partial charge in [0.05, 0.1) is 4.47 Å². The standard InChI is InChI=1S/C9H7BrO/c1-6-5-11-9-7(6)3-2-4-8(9)10/h2-4H,1,5H2. The van der Waals surface area contributed by atoms with E-state index in [1.807, 2.05) is 18.2 Å². The van der Waals surface area contributed by atoms with Crippen LogP contribution in [0.1, 0.15) is 5.56 Å². The van der Waals surface area contributed by atoms with E-state index in [0.29, 0.717) is 6.61 Å². The maximum absolute atomic E-state index is 5.40. The Kier molecular flexibility index (Phi) is 1.50. The van der Waals surface area contributed by atoms with E-state index in [1.54, 1.807) is 0 Å². The van der Waals surface area contributed by atoms with Crippen LogP contribution in [0.5, 0.6) is 5.75 Å². The molecule has 0 saturated carbocycles. The average Bonchev–Trinajstić information content (AvgIpc) is 2.35. The molecule has 0 radical (unpaired) electrons. The molecule has 1 aromatic carbocycles. The van der Waals surface area contributed by atoms with Gasteiger partial charge in [-0.05, 0) is 27.6 Å². The van der Waals surface area contributed by atoms with Crippen LogP contribution in [0.2, 0.25) is 0 Å². The van der Waals surface area contributed by atoms with Gasteiger partial charge in [-0.3, -0.25) is 0 Å². The zero-order valence-electron chi connectivity index (χ0n) is 5.93. The van der Waals surface area contributed by atoms with Crippen molar-refractivity contribution in [2.45, 2.75) is 0 Å². The fraction of sp³-hybridized carbons (Fsp3) is 0.111. The molecule has 0 bridgehead atoms. The van der Waals surface area contributed by atoms with Gasteiger partial charge in [0.1, 0.15) is 12.4 Å². The molecule has 1 heterocycles. The first-order chi connectivity index (χ1) is 5.29. The fourth-order valence-corrected chi connectivity index (χ4v) is 1.65. The molecule has 0 aromatic heterocycles. The van der Waals surface area contributed by atoms with E-state index in [0.717, 1.165) is 21.4 Å². The lowest BCUT2D eigenvalue weighted by Gasteiger charge is -1.98. The number of benzene rings is 1. The first kappa shape index (κ1) is 6.92. The third-order valence-corrected chi connectivity index (χ3v) is 2.36. The molecule has 2 rings (SSSR count). The highest BCUT2D eigenvalue weighted by Gasteiger charge is 2.17. The van der Waals surface area contributed by atoms with Gasteiger partial charge in [-0.25, -0.2) is 0 Å². The lowest BCUT2D eigenvalue weighted by atomic mass is 10.1. The highest BCUT2D eigenvalue weighted by molar-refractivity contribution is 9.10. The molecule has 0 atom stereocenters. The Labute approximate surface area is 73.8 Å². The summed E-state index contributed by atoms with van der Waals surface area (Å²) in [4.78, 5) is 0. The minimum absolute atomic E-state index is 0.623. The van der Waals surface area contributed by atoms with E-state index in [2.05, 4.69) is 22.5 Å². The monoisotopic (exact) mass is 210 g/mol. The quantitative estimate of drug-likeness (QED) is 0.641. The van der Waals surface area contributed by atoms with Gasteiger partial charge >= 0.3 is 0 Å². The number of rotatable bonds is 0. The minimum Gasteiger partial charge on any atom is -0.487 e. The highest BCUT2D eigenvalue weighted by Crippen LogP contribution is 2.37. The molecule has 0 unspecified atom stereocenters. The third-order valence-electron chi connectivity index (χ3n) is 1.74. The second-order valence-corrected chi connectivity index (χ2v) is 3.36. The Morgan fingerprint density at radius 1 is 1.45 bits per heavy atom. The number of hydrogen-bond donors (Lipinski definition) is 0. The Morgan fingerprint density at radius 2 is 2.27 bits per heavy atom. The number of hydrogen-bond acceptors (Lipinski definition) is 1. The van der Waals surface area contributed by atoms with Crippen molar-refractivity contribution >= 4 is 21.5 Å². The Hall–Kier alpha value is -0.760. The normalized spacial score (nSPS) is 14.5. The summed E-state index contributed by atoms with van der Waals surface area (Å²) in [7, 11) is 0. The van der Waals surface area contributed by atoms with Gasteiger partial charge in [0, 0.05) is 5.56 Å². The van der Waals surface area contributed by atoms with Crippen molar-refractivity contribution in [2.75, 3.05) is 6.61 Å². The predicted molar refractivity (Wildman–Crippen MR) is 48.7 cm³/mol. The topological polar surface area (TPSA) is 9.23 Å². The van der Waals surface area contributed by atoms with Gasteiger partial charge in [0.2, 0.25) is 0 Å². The number of halogens is 1. The largest absolute Gasteiger partial charge is 0.487 e. The molecule has 0 N–H and O–H groups in total. The SMILES string of the molecule is C=C1COc2c(Br)cccc21. The summed E-state index contributed by atoms with van der Waals surface area (Å²) in [6.45, 7) is 4.51. The van der Waals surface area contributed by atoms with Crippen LogP contribution in [0.25, 0.3) is 5.57 Å². The molecule has 0 amide bonds. The van der Waals surface area contributed by atoms with Crippen LogP contribution in [0.3, 0.4) is 0 Å². The molecular weight excluding hydrogens is 204 g/mol. The van der Waals surface area contributed by atoms with Crippen LogP contribution in [-0.2, 0) is 0 Å². The van der Waals surface area contributed by atoms with Crippen LogP contribution in [0.4, 0.5) is 0 Å². The summed E-state index contributed by atoms with van der Waals surface area (Å²) in [5.41, 5.74) is 2.18. The zero-order chi connectivity index (χ0) is 7.84. The van der Waals surface area contributed by atoms with E-state index >= 15 is 0 Å². The van der Waals surface area contributed by atoms with Crippen molar-refractivity contribution in [3.63, 3.8) is 0 Å². The lowest BCUT2D eigenvalue weighted by molar-refractivity contribution is 0.386. The van der Waals surface area contributed by atoms with Crippen molar-refractivity contribution < 1.29 is 4.74 Å². The lowest BCUT2D eigenvalue weighted by Crippen LogP contribution is -1.85. The van der Waals surface area contributed by atoms with E-state index in [9.17, 15) is 0 Å². The molecule has 1 nitrogen and oxygen atoms in total. The van der Waals surface area contributed by atoms with Crippen LogP contribution in [0, 0.1) is 0 Å². The second kappa shape index (κ2) is 2.38. The van der Waals surface area contributed by atoms with Crippen molar-refractivity contribution in [1.82, 2.24) is 0 Å². The average molecular weight is 211 g/mol. The summed E-state index contributed by atoms with van der Waals surface area (Å²) in [5, 5.41) is 0. The summed E-state index contributed by atoms with van der Waals surface area (Å²) >= 11 is 3.41. The molecule has 0 aliphatic carbocycles. The predicted octanol–water partition coefficient (Wildman–Crippen LogP) is 2.85. The highest BCUT2D eigenvalue weighted by atomic mass is 79.9. The van der Waals surface area contributed by atoms with Crippen LogP contribution in [-0.4, -0.2) is 6.61 Å². The van der Waals surface area contributed by atoms with E-state index in [-0.39, 0.29) is 0 Å². The fourth-order valence-electron chi connectivity index (χ4n) is 1.17. The van der Waals surface area contributed by atoms with Gasteiger partial charge in [-0.2, -0.15) is 0 Å². The summed E-state index contributed by atoms with van der Waals surface area (Å²) in [6.07, 6.45) is 0. The first-order valence-corrected chi connectivity index (χ1v) is 4.18. The zero-order valence-corrected chi connectivity index (χ0v) is 7.52. The van der Waals surface area contributed by atoms with Gasteiger partial charge in [0.25, 0.3) is 0 Å². The summed E-state index contributed by atoms with van der Waals surface area (Å²) < 4.78 is 6.40. The second-order valence-electron chi connectivity index (χ2n) is 2.51. The molecule has 2 heteroatoms. The van der Waals surface area contributed by atoms with Crippen molar-refractivity contribution in [1.29, 1.82) is 0 Å². The Bertz CT molecular complexity index is 317.